The van der Waals surface area contributed by atoms with Gasteiger partial charge in [0.25, 0.3) is 0 Å². The van der Waals surface area contributed by atoms with Crippen LogP contribution in [0.5, 0.6) is 0 Å². The molecule has 2 aliphatic carbocycles. The van der Waals surface area contributed by atoms with E-state index in [2.05, 4.69) is 12.2 Å². The minimum Gasteiger partial charge on any atom is -0.310 e. The van der Waals surface area contributed by atoms with Crippen molar-refractivity contribution >= 4 is 0 Å². The van der Waals surface area contributed by atoms with Crippen LogP contribution in [0.3, 0.4) is 0 Å². The zero-order valence-corrected chi connectivity index (χ0v) is 11.1. The molecule has 0 aliphatic heterocycles. The molecule has 0 aromatic heterocycles. The van der Waals surface area contributed by atoms with E-state index >= 15 is 0 Å². The van der Waals surface area contributed by atoms with Gasteiger partial charge in [0.2, 0.25) is 0 Å². The molecule has 4 heteroatoms. The Labute approximate surface area is 108 Å². The zero-order valence-electron chi connectivity index (χ0n) is 11.1. The van der Waals surface area contributed by atoms with E-state index in [9.17, 15) is 13.2 Å². The average molecular weight is 263 g/mol. The molecule has 0 spiro atoms. The Balaban J connectivity index is 1.97. The third kappa shape index (κ3) is 3.19. The molecule has 0 bridgehead atoms. The van der Waals surface area contributed by atoms with Gasteiger partial charge in [-0.05, 0) is 31.6 Å². The van der Waals surface area contributed by atoms with Gasteiger partial charge in [-0.1, -0.05) is 32.6 Å². The summed E-state index contributed by atoms with van der Waals surface area (Å²) in [5.74, 6) is -0.537. The van der Waals surface area contributed by atoms with Crippen molar-refractivity contribution in [3.8, 4) is 0 Å². The molecule has 106 valence electrons. The van der Waals surface area contributed by atoms with Gasteiger partial charge in [-0.25, -0.2) is 0 Å². The van der Waals surface area contributed by atoms with Gasteiger partial charge in [-0.15, -0.1) is 0 Å². The molecule has 0 aromatic carbocycles. The van der Waals surface area contributed by atoms with Gasteiger partial charge in [0.1, 0.15) is 0 Å². The lowest BCUT2D eigenvalue weighted by molar-refractivity contribution is -0.189. The van der Waals surface area contributed by atoms with Crippen molar-refractivity contribution in [3.05, 3.63) is 0 Å². The Bertz CT molecular complexity index is 264. The quantitative estimate of drug-likeness (QED) is 0.801. The van der Waals surface area contributed by atoms with Crippen LogP contribution in [0.15, 0.2) is 0 Å². The Hall–Kier alpha value is -0.250. The van der Waals surface area contributed by atoms with E-state index < -0.39 is 12.1 Å². The van der Waals surface area contributed by atoms with Crippen molar-refractivity contribution in [3.63, 3.8) is 0 Å². The van der Waals surface area contributed by atoms with Crippen LogP contribution in [0.2, 0.25) is 0 Å². The summed E-state index contributed by atoms with van der Waals surface area (Å²) in [7, 11) is 0. The Kier molecular flexibility index (Phi) is 4.57. The van der Waals surface area contributed by atoms with E-state index in [1.165, 1.54) is 12.8 Å². The lowest BCUT2D eigenvalue weighted by atomic mass is 9.83. The Morgan fingerprint density at radius 1 is 0.944 bits per heavy atom. The van der Waals surface area contributed by atoms with E-state index in [0.717, 1.165) is 25.7 Å². The average Bonchev–Trinajstić information content (AvgIpc) is 2.75. The standard InChI is InChI=1S/C14H24F3N/c1-2-10-6-5-9-12(10)18-13-8-4-3-7-11(13)14(15,16)17/h10-13,18H,2-9H2,1H3. The molecule has 1 nitrogen and oxygen atoms in total. The highest BCUT2D eigenvalue weighted by molar-refractivity contribution is 4.91. The number of nitrogens with one attached hydrogen (secondary N) is 1. The number of rotatable bonds is 3. The summed E-state index contributed by atoms with van der Waals surface area (Å²) in [6, 6.07) is -0.0150. The van der Waals surface area contributed by atoms with Gasteiger partial charge in [-0.3, -0.25) is 0 Å². The predicted octanol–water partition coefficient (Wildman–Crippen LogP) is 4.28. The predicted molar refractivity (Wildman–Crippen MR) is 66.4 cm³/mol. The lowest BCUT2D eigenvalue weighted by Gasteiger charge is -2.36. The maximum atomic E-state index is 13.0. The largest absolute Gasteiger partial charge is 0.393 e. The molecule has 2 aliphatic rings. The Morgan fingerprint density at radius 3 is 2.28 bits per heavy atom. The molecule has 18 heavy (non-hydrogen) atoms. The highest BCUT2D eigenvalue weighted by atomic mass is 19.4. The summed E-state index contributed by atoms with van der Waals surface area (Å²) in [5.41, 5.74) is 0. The van der Waals surface area contributed by atoms with Crippen molar-refractivity contribution < 1.29 is 13.2 Å². The van der Waals surface area contributed by atoms with Crippen LogP contribution in [0.1, 0.15) is 58.3 Å². The van der Waals surface area contributed by atoms with Gasteiger partial charge in [0.05, 0.1) is 5.92 Å². The molecular formula is C14H24F3N. The van der Waals surface area contributed by atoms with Crippen LogP contribution in [0.4, 0.5) is 13.2 Å². The first kappa shape index (κ1) is 14.2. The SMILES string of the molecule is CCC1CCCC1NC1CCCCC1C(F)(F)F. The topological polar surface area (TPSA) is 12.0 Å². The zero-order chi connectivity index (χ0) is 13.2. The third-order valence-electron chi connectivity index (χ3n) is 4.80. The van der Waals surface area contributed by atoms with E-state index in [4.69, 9.17) is 0 Å². The third-order valence-corrected chi connectivity index (χ3v) is 4.80. The number of hydrogen-bond acceptors (Lipinski definition) is 1. The second-order valence-electron chi connectivity index (χ2n) is 5.91. The molecule has 0 heterocycles. The monoisotopic (exact) mass is 263 g/mol. The fraction of sp³-hybridized carbons (Fsp3) is 1.00. The minimum atomic E-state index is -4.03. The second kappa shape index (κ2) is 5.81. The lowest BCUT2D eigenvalue weighted by Crippen LogP contribution is -2.50. The summed E-state index contributed by atoms with van der Waals surface area (Å²) in [4.78, 5) is 0. The molecule has 0 amide bonds. The van der Waals surface area contributed by atoms with E-state index in [1.807, 2.05) is 0 Å². The summed E-state index contributed by atoms with van der Waals surface area (Å²) in [6.45, 7) is 2.15. The van der Waals surface area contributed by atoms with E-state index in [0.29, 0.717) is 24.8 Å². The maximum Gasteiger partial charge on any atom is 0.393 e. The van der Waals surface area contributed by atoms with Gasteiger partial charge in [0.15, 0.2) is 0 Å². The second-order valence-corrected chi connectivity index (χ2v) is 5.91. The van der Waals surface area contributed by atoms with Crippen molar-refractivity contribution in [2.75, 3.05) is 0 Å². The van der Waals surface area contributed by atoms with Gasteiger partial charge in [0, 0.05) is 12.1 Å². The smallest absolute Gasteiger partial charge is 0.310 e. The van der Waals surface area contributed by atoms with Crippen LogP contribution in [0, 0.1) is 11.8 Å². The molecule has 2 saturated carbocycles. The molecule has 4 unspecified atom stereocenters. The highest BCUT2D eigenvalue weighted by Gasteiger charge is 2.46. The maximum absolute atomic E-state index is 13.0. The van der Waals surface area contributed by atoms with Crippen molar-refractivity contribution in [1.29, 1.82) is 0 Å². The van der Waals surface area contributed by atoms with Crippen LogP contribution >= 0.6 is 0 Å². The normalized spacial score (nSPS) is 38.0. The van der Waals surface area contributed by atoms with Crippen molar-refractivity contribution in [2.24, 2.45) is 11.8 Å². The minimum absolute atomic E-state index is 0.310. The fourth-order valence-corrected chi connectivity index (χ4v) is 3.74. The summed E-state index contributed by atoms with van der Waals surface area (Å²) in [5, 5.41) is 3.36. The summed E-state index contributed by atoms with van der Waals surface area (Å²) >= 11 is 0. The number of alkyl halides is 3. The van der Waals surface area contributed by atoms with Gasteiger partial charge < -0.3 is 5.32 Å². The molecule has 2 fully saturated rings. The number of hydrogen-bond donors (Lipinski definition) is 1. The fourth-order valence-electron chi connectivity index (χ4n) is 3.74. The summed E-state index contributed by atoms with van der Waals surface area (Å²) < 4.78 is 39.0. The first-order chi connectivity index (χ1) is 8.52. The molecule has 0 saturated heterocycles. The molecular weight excluding hydrogens is 239 g/mol. The molecule has 4 atom stereocenters. The molecule has 1 N–H and O–H groups in total. The molecule has 0 radical (unpaired) electrons. The van der Waals surface area contributed by atoms with E-state index in [-0.39, 0.29) is 6.04 Å². The molecule has 2 rings (SSSR count). The number of halogens is 3. The van der Waals surface area contributed by atoms with Gasteiger partial charge in [-0.2, -0.15) is 13.2 Å². The van der Waals surface area contributed by atoms with Crippen LogP contribution in [-0.4, -0.2) is 18.3 Å². The highest BCUT2D eigenvalue weighted by Crippen LogP contribution is 2.39. The molecule has 0 aromatic rings. The van der Waals surface area contributed by atoms with Gasteiger partial charge >= 0.3 is 6.18 Å². The van der Waals surface area contributed by atoms with Crippen LogP contribution in [-0.2, 0) is 0 Å². The van der Waals surface area contributed by atoms with Crippen molar-refractivity contribution in [2.45, 2.75) is 76.6 Å². The first-order valence-corrected chi connectivity index (χ1v) is 7.35. The summed E-state index contributed by atoms with van der Waals surface area (Å²) in [6.07, 6.45) is 3.12. The van der Waals surface area contributed by atoms with E-state index in [1.54, 1.807) is 0 Å². The van der Waals surface area contributed by atoms with Crippen LogP contribution < -0.4 is 5.32 Å². The first-order valence-electron chi connectivity index (χ1n) is 7.35. The Morgan fingerprint density at radius 2 is 1.61 bits per heavy atom. The van der Waals surface area contributed by atoms with Crippen molar-refractivity contribution in [1.82, 2.24) is 5.32 Å². The van der Waals surface area contributed by atoms with Crippen LogP contribution in [0.25, 0.3) is 0 Å².